The van der Waals surface area contributed by atoms with Gasteiger partial charge in [-0.05, 0) is 56.7 Å². The van der Waals surface area contributed by atoms with Crippen LogP contribution in [0, 0.1) is 5.92 Å². The Balaban J connectivity index is 1.47. The second-order valence-corrected chi connectivity index (χ2v) is 7.90. The first-order valence-electron chi connectivity index (χ1n) is 10.4. The molecule has 3 rings (SSSR count). The summed E-state index contributed by atoms with van der Waals surface area (Å²) in [6.45, 7) is 5.31. The number of para-hydroxylation sites is 2. The Bertz CT molecular complexity index is 812. The van der Waals surface area contributed by atoms with Crippen LogP contribution in [0.2, 0.25) is 0 Å². The minimum atomic E-state index is -0.304. The highest BCUT2D eigenvalue weighted by Crippen LogP contribution is 2.25. The average molecular weight is 395 g/mol. The Morgan fingerprint density at radius 2 is 1.69 bits per heavy atom. The Morgan fingerprint density at radius 3 is 2.38 bits per heavy atom. The number of nitrogens with one attached hydrogen (secondary N) is 1. The molecule has 2 aromatic carbocycles. The number of benzene rings is 2. The van der Waals surface area contributed by atoms with Crippen molar-refractivity contribution in [2.45, 2.75) is 45.6 Å². The molecule has 29 heavy (non-hydrogen) atoms. The van der Waals surface area contributed by atoms with Crippen LogP contribution in [0.15, 0.2) is 54.6 Å². The lowest BCUT2D eigenvalue weighted by Crippen LogP contribution is -2.40. The number of hydrogen-bond donors (Lipinski definition) is 1. The summed E-state index contributed by atoms with van der Waals surface area (Å²) >= 11 is 0. The molecule has 1 N–H and O–H groups in total. The molecular formula is C24H30N2O3. The van der Waals surface area contributed by atoms with Crippen molar-refractivity contribution in [3.05, 3.63) is 60.2 Å². The number of piperidine rings is 1. The lowest BCUT2D eigenvalue weighted by molar-refractivity contribution is -0.135. The summed E-state index contributed by atoms with van der Waals surface area (Å²) in [5.41, 5.74) is 1.94. The summed E-state index contributed by atoms with van der Waals surface area (Å²) in [5, 5.41) is 2.82. The summed E-state index contributed by atoms with van der Waals surface area (Å²) in [6, 6.07) is 17.8. The Hall–Kier alpha value is -2.82. The van der Waals surface area contributed by atoms with E-state index in [2.05, 4.69) is 29.6 Å². The van der Waals surface area contributed by atoms with Crippen LogP contribution in [-0.2, 0) is 16.0 Å². The molecular weight excluding hydrogens is 364 g/mol. The van der Waals surface area contributed by atoms with Gasteiger partial charge in [0.1, 0.15) is 12.2 Å². The molecule has 1 aliphatic rings. The molecule has 5 heteroatoms. The molecule has 0 spiro atoms. The number of rotatable bonds is 7. The zero-order chi connectivity index (χ0) is 20.6. The fourth-order valence-electron chi connectivity index (χ4n) is 3.70. The second-order valence-electron chi connectivity index (χ2n) is 7.90. The lowest BCUT2D eigenvalue weighted by atomic mass is 9.90. The zero-order valence-electron chi connectivity index (χ0n) is 17.3. The van der Waals surface area contributed by atoms with Crippen LogP contribution in [0.3, 0.4) is 0 Å². The largest absolute Gasteiger partial charge is 0.489 e. The molecule has 1 aliphatic heterocycles. The Morgan fingerprint density at radius 1 is 1.03 bits per heavy atom. The molecule has 0 saturated carbocycles. The van der Waals surface area contributed by atoms with Gasteiger partial charge in [0, 0.05) is 13.1 Å². The number of nitrogens with zero attached hydrogens (tertiary/aromatic N) is 1. The molecule has 0 aromatic heterocycles. The van der Waals surface area contributed by atoms with Gasteiger partial charge in [0.25, 0.3) is 0 Å². The van der Waals surface area contributed by atoms with E-state index >= 15 is 0 Å². The predicted molar refractivity (Wildman–Crippen MR) is 115 cm³/mol. The minimum absolute atomic E-state index is 0.00636. The van der Waals surface area contributed by atoms with E-state index in [9.17, 15) is 9.59 Å². The molecule has 2 amide bonds. The number of likely N-dealkylation sites (tertiary alicyclic amines) is 1. The van der Waals surface area contributed by atoms with E-state index in [1.165, 1.54) is 5.56 Å². The first kappa shape index (κ1) is 20.9. The highest BCUT2D eigenvalue weighted by Gasteiger charge is 2.24. The van der Waals surface area contributed by atoms with Gasteiger partial charge in [-0.25, -0.2) is 0 Å². The van der Waals surface area contributed by atoms with Gasteiger partial charge >= 0.3 is 0 Å². The normalized spacial score (nSPS) is 14.7. The third-order valence-electron chi connectivity index (χ3n) is 5.17. The van der Waals surface area contributed by atoms with E-state index in [-0.39, 0.29) is 24.3 Å². The van der Waals surface area contributed by atoms with Gasteiger partial charge in [0.05, 0.1) is 11.8 Å². The number of amides is 2. The van der Waals surface area contributed by atoms with E-state index in [1.54, 1.807) is 6.07 Å². The molecule has 0 unspecified atom stereocenters. The van der Waals surface area contributed by atoms with Crippen molar-refractivity contribution < 1.29 is 14.3 Å². The van der Waals surface area contributed by atoms with Gasteiger partial charge in [0.2, 0.25) is 11.8 Å². The maximum Gasteiger partial charge on any atom is 0.233 e. The Kier molecular flexibility index (Phi) is 7.28. The third kappa shape index (κ3) is 6.34. The first-order valence-corrected chi connectivity index (χ1v) is 10.4. The Labute approximate surface area is 173 Å². The summed E-state index contributed by atoms with van der Waals surface area (Å²) in [6.07, 6.45) is 2.88. The molecule has 0 atom stereocenters. The molecule has 0 radical (unpaired) electrons. The van der Waals surface area contributed by atoms with E-state index in [0.717, 1.165) is 32.4 Å². The van der Waals surface area contributed by atoms with Crippen molar-refractivity contribution in [3.8, 4) is 5.75 Å². The van der Waals surface area contributed by atoms with E-state index < -0.39 is 0 Å². The summed E-state index contributed by atoms with van der Waals surface area (Å²) in [5.74, 6) is 0.796. The van der Waals surface area contributed by atoms with Crippen LogP contribution in [0.1, 0.15) is 38.7 Å². The first-order chi connectivity index (χ1) is 14.0. The van der Waals surface area contributed by atoms with Crippen LogP contribution in [0.4, 0.5) is 5.69 Å². The number of hydrogen-bond acceptors (Lipinski definition) is 3. The molecule has 5 nitrogen and oxygen atoms in total. The summed E-state index contributed by atoms with van der Waals surface area (Å²) in [4.78, 5) is 26.8. The minimum Gasteiger partial charge on any atom is -0.489 e. The van der Waals surface area contributed by atoms with Crippen molar-refractivity contribution in [3.63, 3.8) is 0 Å². The van der Waals surface area contributed by atoms with Gasteiger partial charge in [0.15, 0.2) is 0 Å². The van der Waals surface area contributed by atoms with Crippen LogP contribution < -0.4 is 10.1 Å². The number of carbonyl (C=O) groups excluding carboxylic acids is 2. The molecule has 0 aliphatic carbocycles. The van der Waals surface area contributed by atoms with Crippen LogP contribution in [0.5, 0.6) is 5.75 Å². The monoisotopic (exact) mass is 394 g/mol. The quantitative estimate of drug-likeness (QED) is 0.713. The van der Waals surface area contributed by atoms with Gasteiger partial charge in [-0.2, -0.15) is 0 Å². The second kappa shape index (κ2) is 10.1. The number of anilines is 1. The molecule has 1 fully saturated rings. The third-order valence-corrected chi connectivity index (χ3v) is 5.17. The highest BCUT2D eigenvalue weighted by atomic mass is 16.5. The molecule has 2 aromatic rings. The van der Waals surface area contributed by atoms with E-state index in [0.29, 0.717) is 17.4 Å². The highest BCUT2D eigenvalue weighted by molar-refractivity contribution is 6.04. The van der Waals surface area contributed by atoms with Gasteiger partial charge in [-0.1, -0.05) is 42.5 Å². The average Bonchev–Trinajstić information content (AvgIpc) is 2.70. The van der Waals surface area contributed by atoms with Crippen molar-refractivity contribution in [2.75, 3.05) is 18.4 Å². The van der Waals surface area contributed by atoms with E-state index in [1.807, 2.05) is 43.0 Å². The smallest absolute Gasteiger partial charge is 0.233 e. The molecule has 0 bridgehead atoms. The van der Waals surface area contributed by atoms with Crippen LogP contribution in [-0.4, -0.2) is 35.9 Å². The van der Waals surface area contributed by atoms with Gasteiger partial charge in [-0.3, -0.25) is 9.59 Å². The van der Waals surface area contributed by atoms with Crippen molar-refractivity contribution in [2.24, 2.45) is 5.92 Å². The fraction of sp³-hybridized carbons (Fsp3) is 0.417. The van der Waals surface area contributed by atoms with Gasteiger partial charge < -0.3 is 15.0 Å². The summed E-state index contributed by atoms with van der Waals surface area (Å²) < 4.78 is 5.72. The van der Waals surface area contributed by atoms with Crippen molar-refractivity contribution in [1.82, 2.24) is 4.90 Å². The topological polar surface area (TPSA) is 58.6 Å². The number of ether oxygens (including phenoxy) is 1. The maximum atomic E-state index is 12.6. The zero-order valence-corrected chi connectivity index (χ0v) is 17.3. The van der Waals surface area contributed by atoms with Crippen LogP contribution >= 0.6 is 0 Å². The summed E-state index contributed by atoms with van der Waals surface area (Å²) in [7, 11) is 0. The molecule has 1 saturated heterocycles. The molecule has 1 heterocycles. The SMILES string of the molecule is CC(C)Oc1ccccc1NC(=O)CC(=O)N1CCC(Cc2ccccc2)CC1. The van der Waals surface area contributed by atoms with Gasteiger partial charge in [-0.15, -0.1) is 0 Å². The van der Waals surface area contributed by atoms with E-state index in [4.69, 9.17) is 4.74 Å². The maximum absolute atomic E-state index is 12.6. The fourth-order valence-corrected chi connectivity index (χ4v) is 3.70. The van der Waals surface area contributed by atoms with Crippen molar-refractivity contribution in [1.29, 1.82) is 0 Å². The molecule has 154 valence electrons. The standard InChI is InChI=1S/C24H30N2O3/c1-18(2)29-22-11-7-6-10-21(22)25-23(27)17-24(28)26-14-12-20(13-15-26)16-19-8-4-3-5-9-19/h3-11,18,20H,12-17H2,1-2H3,(H,25,27). The lowest BCUT2D eigenvalue weighted by Gasteiger charge is -2.32. The van der Waals surface area contributed by atoms with Crippen molar-refractivity contribution >= 4 is 17.5 Å². The van der Waals surface area contributed by atoms with Crippen LogP contribution in [0.25, 0.3) is 0 Å². The number of carbonyl (C=O) groups is 2. The predicted octanol–water partition coefficient (Wildman–Crippen LogP) is 4.28.